The van der Waals surface area contributed by atoms with Crippen LogP contribution in [0.3, 0.4) is 0 Å². The van der Waals surface area contributed by atoms with E-state index in [2.05, 4.69) is 11.9 Å². The van der Waals surface area contributed by atoms with Gasteiger partial charge in [-0.25, -0.2) is 13.4 Å². The summed E-state index contributed by atoms with van der Waals surface area (Å²) in [6.07, 6.45) is 6.30. The standard InChI is InChI=1S/C13H18N2O2SSi/c1-2-9-19-11-18(16,17)13-5-3-12(4-6-13)15-8-7-14-10-15/h3-8,10H,2,9,11,19H2,1H3. The van der Waals surface area contributed by atoms with Crippen LogP contribution in [0.2, 0.25) is 6.04 Å². The maximum Gasteiger partial charge on any atom is 0.175 e. The van der Waals surface area contributed by atoms with Crippen LogP contribution in [0, 0.1) is 0 Å². The minimum absolute atomic E-state index is 0.366. The predicted octanol–water partition coefficient (Wildman–Crippen LogP) is 1.60. The molecule has 0 aliphatic heterocycles. The van der Waals surface area contributed by atoms with Crippen molar-refractivity contribution in [2.24, 2.45) is 0 Å². The smallest absolute Gasteiger partial charge is 0.175 e. The highest BCUT2D eigenvalue weighted by molar-refractivity contribution is 7.92. The fraction of sp³-hybridized carbons (Fsp3) is 0.308. The third kappa shape index (κ3) is 3.54. The molecular weight excluding hydrogens is 276 g/mol. The molecule has 0 radical (unpaired) electrons. The molecule has 0 fully saturated rings. The minimum Gasteiger partial charge on any atom is -0.306 e. The first kappa shape index (κ1) is 14.0. The minimum atomic E-state index is -3.08. The number of benzene rings is 1. The van der Waals surface area contributed by atoms with Gasteiger partial charge in [-0.15, -0.1) is 0 Å². The molecule has 2 aromatic rings. The number of nitrogens with zero attached hydrogens (tertiary/aromatic N) is 2. The van der Waals surface area contributed by atoms with Gasteiger partial charge in [0.25, 0.3) is 0 Å². The Balaban J connectivity index is 2.14. The van der Waals surface area contributed by atoms with Crippen LogP contribution >= 0.6 is 0 Å². The molecule has 6 heteroatoms. The molecule has 102 valence electrons. The van der Waals surface area contributed by atoms with Crippen LogP contribution in [0.1, 0.15) is 13.3 Å². The topological polar surface area (TPSA) is 52.0 Å². The number of rotatable bonds is 6. The van der Waals surface area contributed by atoms with E-state index in [1.165, 1.54) is 0 Å². The molecule has 0 spiro atoms. The monoisotopic (exact) mass is 294 g/mol. The van der Waals surface area contributed by atoms with Gasteiger partial charge in [-0.1, -0.05) is 19.4 Å². The zero-order valence-electron chi connectivity index (χ0n) is 11.0. The molecule has 2 rings (SSSR count). The molecule has 0 aliphatic carbocycles. The van der Waals surface area contributed by atoms with Crippen molar-refractivity contribution in [1.82, 2.24) is 9.55 Å². The SMILES string of the molecule is CCC[SiH2]CS(=O)(=O)c1ccc(-n2ccnc2)cc1. The molecule has 0 N–H and O–H groups in total. The Morgan fingerprint density at radius 1 is 1.26 bits per heavy atom. The van der Waals surface area contributed by atoms with Crippen LogP contribution in [-0.4, -0.2) is 32.9 Å². The van der Waals surface area contributed by atoms with Crippen molar-refractivity contribution in [3.63, 3.8) is 0 Å². The van der Waals surface area contributed by atoms with E-state index in [0.717, 1.165) is 18.2 Å². The van der Waals surface area contributed by atoms with Gasteiger partial charge in [-0.2, -0.15) is 0 Å². The van der Waals surface area contributed by atoms with Gasteiger partial charge < -0.3 is 4.57 Å². The second-order valence-corrected chi connectivity index (χ2v) is 9.24. The maximum absolute atomic E-state index is 12.1. The lowest BCUT2D eigenvalue weighted by Gasteiger charge is -2.06. The number of hydrogen-bond acceptors (Lipinski definition) is 3. The van der Waals surface area contributed by atoms with Crippen molar-refractivity contribution in [3.8, 4) is 5.69 Å². The van der Waals surface area contributed by atoms with Gasteiger partial charge in [0.2, 0.25) is 0 Å². The average molecular weight is 294 g/mol. The van der Waals surface area contributed by atoms with Crippen molar-refractivity contribution in [2.45, 2.75) is 24.3 Å². The van der Waals surface area contributed by atoms with Gasteiger partial charge >= 0.3 is 0 Å². The first-order valence-electron chi connectivity index (χ1n) is 6.44. The summed E-state index contributed by atoms with van der Waals surface area (Å²) in [7, 11) is -3.57. The van der Waals surface area contributed by atoms with Gasteiger partial charge in [-0.05, 0) is 24.3 Å². The fourth-order valence-electron chi connectivity index (χ4n) is 1.90. The Kier molecular flexibility index (Phi) is 4.55. The van der Waals surface area contributed by atoms with Crippen molar-refractivity contribution in [2.75, 3.05) is 5.38 Å². The summed E-state index contributed by atoms with van der Waals surface area (Å²) in [5.74, 6) is 0. The molecule has 1 heterocycles. The van der Waals surface area contributed by atoms with E-state index in [1.54, 1.807) is 24.7 Å². The second-order valence-electron chi connectivity index (χ2n) is 4.49. The molecule has 0 amide bonds. The highest BCUT2D eigenvalue weighted by Gasteiger charge is 2.13. The number of aromatic nitrogens is 2. The van der Waals surface area contributed by atoms with Crippen molar-refractivity contribution in [3.05, 3.63) is 43.0 Å². The van der Waals surface area contributed by atoms with Gasteiger partial charge in [0.1, 0.15) is 0 Å². The van der Waals surface area contributed by atoms with E-state index in [4.69, 9.17) is 0 Å². The molecule has 0 saturated heterocycles. The molecular formula is C13H18N2O2SSi. The molecule has 1 aromatic carbocycles. The van der Waals surface area contributed by atoms with E-state index < -0.39 is 19.4 Å². The summed E-state index contributed by atoms with van der Waals surface area (Å²) >= 11 is 0. The Morgan fingerprint density at radius 3 is 2.58 bits per heavy atom. The molecule has 1 aromatic heterocycles. The molecule has 4 nitrogen and oxygen atoms in total. The fourth-order valence-corrected chi connectivity index (χ4v) is 6.23. The van der Waals surface area contributed by atoms with E-state index in [0.29, 0.717) is 10.3 Å². The highest BCUT2D eigenvalue weighted by atomic mass is 32.2. The van der Waals surface area contributed by atoms with Crippen LogP contribution in [0.25, 0.3) is 5.69 Å². The molecule has 19 heavy (non-hydrogen) atoms. The van der Waals surface area contributed by atoms with E-state index >= 15 is 0 Å². The average Bonchev–Trinajstić information content (AvgIpc) is 2.93. The van der Waals surface area contributed by atoms with E-state index in [-0.39, 0.29) is 0 Å². The summed E-state index contributed by atoms with van der Waals surface area (Å²) in [6.45, 7) is 2.10. The third-order valence-corrected chi connectivity index (χ3v) is 8.52. The lowest BCUT2D eigenvalue weighted by Crippen LogP contribution is -2.12. The Labute approximate surface area is 116 Å². The highest BCUT2D eigenvalue weighted by Crippen LogP contribution is 2.15. The van der Waals surface area contributed by atoms with Crippen molar-refractivity contribution < 1.29 is 8.42 Å². The second kappa shape index (κ2) is 6.16. The summed E-state index contributed by atoms with van der Waals surface area (Å²) in [5, 5.41) is 0.366. The van der Waals surface area contributed by atoms with Crippen LogP contribution in [0.15, 0.2) is 47.9 Å². The lowest BCUT2D eigenvalue weighted by molar-refractivity contribution is 0.600. The van der Waals surface area contributed by atoms with E-state index in [9.17, 15) is 8.42 Å². The number of imidazole rings is 1. The normalized spacial score (nSPS) is 12.3. The molecule has 0 unspecified atom stereocenters. The summed E-state index contributed by atoms with van der Waals surface area (Å²) < 4.78 is 26.1. The summed E-state index contributed by atoms with van der Waals surface area (Å²) in [6, 6.07) is 8.09. The van der Waals surface area contributed by atoms with Gasteiger partial charge in [0, 0.05) is 33.0 Å². The maximum atomic E-state index is 12.1. The Morgan fingerprint density at radius 2 is 2.00 bits per heavy atom. The quantitative estimate of drug-likeness (QED) is 0.601. The van der Waals surface area contributed by atoms with Crippen molar-refractivity contribution in [1.29, 1.82) is 0 Å². The molecule has 0 atom stereocenters. The van der Waals surface area contributed by atoms with Crippen LogP contribution in [0.5, 0.6) is 0 Å². The third-order valence-electron chi connectivity index (χ3n) is 3.02. The number of sulfone groups is 1. The molecule has 0 saturated carbocycles. The Hall–Kier alpha value is -1.40. The molecule has 0 aliphatic rings. The lowest BCUT2D eigenvalue weighted by atomic mass is 10.3. The van der Waals surface area contributed by atoms with Gasteiger partial charge in [0.15, 0.2) is 9.84 Å². The van der Waals surface area contributed by atoms with Gasteiger partial charge in [-0.3, -0.25) is 0 Å². The zero-order chi connectivity index (χ0) is 13.7. The first-order valence-corrected chi connectivity index (χ1v) is 10.1. The van der Waals surface area contributed by atoms with Crippen molar-refractivity contribution >= 4 is 19.4 Å². The molecule has 0 bridgehead atoms. The Bertz CT molecular complexity index is 607. The predicted molar refractivity (Wildman–Crippen MR) is 79.3 cm³/mol. The number of hydrogen-bond donors (Lipinski definition) is 0. The zero-order valence-corrected chi connectivity index (χ0v) is 13.2. The van der Waals surface area contributed by atoms with Crippen LogP contribution < -0.4 is 0 Å². The van der Waals surface area contributed by atoms with Gasteiger partial charge in [0.05, 0.1) is 11.2 Å². The first-order chi connectivity index (χ1) is 9.13. The van der Waals surface area contributed by atoms with E-state index in [1.807, 2.05) is 22.9 Å². The summed E-state index contributed by atoms with van der Waals surface area (Å²) in [5.41, 5.74) is 0.919. The van der Waals surface area contributed by atoms with Crippen LogP contribution in [0.4, 0.5) is 0 Å². The summed E-state index contributed by atoms with van der Waals surface area (Å²) in [4.78, 5) is 4.40. The van der Waals surface area contributed by atoms with Crippen LogP contribution in [-0.2, 0) is 9.84 Å². The largest absolute Gasteiger partial charge is 0.306 e.